The standard InChI is InChI=1S/C9H15N3O2/c1-2-14-7-3-6-12-9(13)5-4-8(10)11-12/h4-5H,2-3,6-7H2,1H3,(H2,10,11). The molecule has 0 aliphatic carbocycles. The predicted molar refractivity (Wildman–Crippen MR) is 54.0 cm³/mol. The van der Waals surface area contributed by atoms with E-state index in [4.69, 9.17) is 10.5 Å². The van der Waals surface area contributed by atoms with Crippen LogP contribution in [0.3, 0.4) is 0 Å². The van der Waals surface area contributed by atoms with Crippen LogP contribution < -0.4 is 11.3 Å². The number of rotatable bonds is 5. The van der Waals surface area contributed by atoms with Crippen LogP contribution in [0.15, 0.2) is 16.9 Å². The maximum atomic E-state index is 11.2. The first-order chi connectivity index (χ1) is 6.74. The van der Waals surface area contributed by atoms with Crippen molar-refractivity contribution in [1.82, 2.24) is 9.78 Å². The monoisotopic (exact) mass is 197 g/mol. The highest BCUT2D eigenvalue weighted by Crippen LogP contribution is 1.91. The minimum absolute atomic E-state index is 0.129. The lowest BCUT2D eigenvalue weighted by Gasteiger charge is -2.04. The van der Waals surface area contributed by atoms with Crippen molar-refractivity contribution in [3.05, 3.63) is 22.5 Å². The van der Waals surface area contributed by atoms with Crippen LogP contribution in [0.5, 0.6) is 0 Å². The summed E-state index contributed by atoms with van der Waals surface area (Å²) in [6, 6.07) is 2.92. The Bertz CT molecular complexity index is 335. The molecule has 14 heavy (non-hydrogen) atoms. The third kappa shape index (κ3) is 3.18. The second kappa shape index (κ2) is 5.39. The van der Waals surface area contributed by atoms with Crippen LogP contribution >= 0.6 is 0 Å². The van der Waals surface area contributed by atoms with Gasteiger partial charge < -0.3 is 10.5 Å². The number of hydrogen-bond donors (Lipinski definition) is 1. The summed E-state index contributed by atoms with van der Waals surface area (Å²) in [7, 11) is 0. The van der Waals surface area contributed by atoms with Gasteiger partial charge in [0.1, 0.15) is 5.82 Å². The van der Waals surface area contributed by atoms with Gasteiger partial charge in [-0.15, -0.1) is 0 Å². The number of nitrogens with zero attached hydrogens (tertiary/aromatic N) is 2. The molecular weight excluding hydrogens is 182 g/mol. The predicted octanol–water partition coefficient (Wildman–Crippen LogP) is 0.252. The number of hydrogen-bond acceptors (Lipinski definition) is 4. The lowest BCUT2D eigenvalue weighted by molar-refractivity contribution is 0.140. The van der Waals surface area contributed by atoms with Gasteiger partial charge in [-0.3, -0.25) is 4.79 Å². The lowest BCUT2D eigenvalue weighted by atomic mass is 10.4. The SMILES string of the molecule is CCOCCCn1nc(N)ccc1=O. The first-order valence-electron chi connectivity index (χ1n) is 4.65. The third-order valence-corrected chi connectivity index (χ3v) is 1.75. The first kappa shape index (κ1) is 10.7. The zero-order chi connectivity index (χ0) is 10.4. The summed E-state index contributed by atoms with van der Waals surface area (Å²) >= 11 is 0. The van der Waals surface area contributed by atoms with Crippen LogP contribution in [0.1, 0.15) is 13.3 Å². The normalized spacial score (nSPS) is 10.4. The van der Waals surface area contributed by atoms with Gasteiger partial charge in [-0.2, -0.15) is 5.10 Å². The van der Waals surface area contributed by atoms with Crippen molar-refractivity contribution in [2.24, 2.45) is 0 Å². The van der Waals surface area contributed by atoms with E-state index < -0.39 is 0 Å². The molecular formula is C9H15N3O2. The van der Waals surface area contributed by atoms with Gasteiger partial charge in [0.15, 0.2) is 0 Å². The zero-order valence-electron chi connectivity index (χ0n) is 8.27. The molecule has 1 aromatic rings. The van der Waals surface area contributed by atoms with Crippen molar-refractivity contribution in [1.29, 1.82) is 0 Å². The second-order valence-electron chi connectivity index (χ2n) is 2.87. The van der Waals surface area contributed by atoms with E-state index in [-0.39, 0.29) is 5.56 Å². The van der Waals surface area contributed by atoms with Crippen molar-refractivity contribution < 1.29 is 4.74 Å². The Labute approximate surface area is 82.5 Å². The maximum absolute atomic E-state index is 11.2. The van der Waals surface area contributed by atoms with Gasteiger partial charge in [0.05, 0.1) is 0 Å². The topological polar surface area (TPSA) is 70.1 Å². The molecule has 0 aromatic carbocycles. The van der Waals surface area contributed by atoms with Gasteiger partial charge in [-0.25, -0.2) is 4.68 Å². The molecule has 0 atom stereocenters. The average Bonchev–Trinajstić information content (AvgIpc) is 2.18. The molecule has 0 aliphatic rings. The van der Waals surface area contributed by atoms with Crippen molar-refractivity contribution in [2.75, 3.05) is 18.9 Å². The van der Waals surface area contributed by atoms with E-state index in [2.05, 4.69) is 5.10 Å². The van der Waals surface area contributed by atoms with Crippen LogP contribution in [-0.4, -0.2) is 23.0 Å². The molecule has 0 fully saturated rings. The molecule has 0 amide bonds. The number of aromatic nitrogens is 2. The largest absolute Gasteiger partial charge is 0.382 e. The van der Waals surface area contributed by atoms with E-state index in [1.807, 2.05) is 6.92 Å². The fourth-order valence-corrected chi connectivity index (χ4v) is 1.09. The molecule has 0 spiro atoms. The van der Waals surface area contributed by atoms with Gasteiger partial charge in [0.2, 0.25) is 0 Å². The second-order valence-corrected chi connectivity index (χ2v) is 2.87. The van der Waals surface area contributed by atoms with Crippen molar-refractivity contribution >= 4 is 5.82 Å². The summed E-state index contributed by atoms with van der Waals surface area (Å²) in [4.78, 5) is 11.2. The number of nitrogens with two attached hydrogens (primary N) is 1. The zero-order valence-corrected chi connectivity index (χ0v) is 8.27. The summed E-state index contributed by atoms with van der Waals surface area (Å²) in [5.74, 6) is 0.362. The highest BCUT2D eigenvalue weighted by atomic mass is 16.5. The van der Waals surface area contributed by atoms with E-state index in [9.17, 15) is 4.79 Å². The molecule has 0 radical (unpaired) electrons. The van der Waals surface area contributed by atoms with Crippen LogP contribution in [0.2, 0.25) is 0 Å². The highest BCUT2D eigenvalue weighted by Gasteiger charge is 1.97. The summed E-state index contributed by atoms with van der Waals surface area (Å²) in [6.45, 7) is 3.81. The minimum Gasteiger partial charge on any atom is -0.382 e. The van der Waals surface area contributed by atoms with Crippen LogP contribution in [0.4, 0.5) is 5.82 Å². The molecule has 78 valence electrons. The summed E-state index contributed by atoms with van der Waals surface area (Å²) in [5.41, 5.74) is 5.33. The fourth-order valence-electron chi connectivity index (χ4n) is 1.09. The van der Waals surface area contributed by atoms with Crippen LogP contribution in [-0.2, 0) is 11.3 Å². The molecule has 0 aliphatic heterocycles. The molecule has 0 bridgehead atoms. The highest BCUT2D eigenvalue weighted by molar-refractivity contribution is 5.23. The van der Waals surface area contributed by atoms with Crippen LogP contribution in [0, 0.1) is 0 Å². The molecule has 2 N–H and O–H groups in total. The quantitative estimate of drug-likeness (QED) is 0.687. The van der Waals surface area contributed by atoms with Gasteiger partial charge in [-0.05, 0) is 19.4 Å². The lowest BCUT2D eigenvalue weighted by Crippen LogP contribution is -2.23. The molecule has 0 saturated heterocycles. The van der Waals surface area contributed by atoms with Gasteiger partial charge in [-0.1, -0.05) is 0 Å². The molecule has 1 aromatic heterocycles. The summed E-state index contributed by atoms with van der Waals surface area (Å²) in [6.07, 6.45) is 0.768. The number of ether oxygens (including phenoxy) is 1. The van der Waals surface area contributed by atoms with Gasteiger partial charge in [0.25, 0.3) is 5.56 Å². The van der Waals surface area contributed by atoms with E-state index >= 15 is 0 Å². The van der Waals surface area contributed by atoms with E-state index in [0.29, 0.717) is 25.6 Å². The van der Waals surface area contributed by atoms with Crippen molar-refractivity contribution in [3.8, 4) is 0 Å². The first-order valence-corrected chi connectivity index (χ1v) is 4.65. The van der Waals surface area contributed by atoms with E-state index in [0.717, 1.165) is 6.42 Å². The van der Waals surface area contributed by atoms with Gasteiger partial charge in [0, 0.05) is 25.8 Å². The molecule has 5 nitrogen and oxygen atoms in total. The smallest absolute Gasteiger partial charge is 0.266 e. The summed E-state index contributed by atoms with van der Waals surface area (Å²) in [5, 5.41) is 3.90. The van der Waals surface area contributed by atoms with Crippen molar-refractivity contribution in [3.63, 3.8) is 0 Å². The Morgan fingerprint density at radius 1 is 1.57 bits per heavy atom. The van der Waals surface area contributed by atoms with Gasteiger partial charge >= 0.3 is 0 Å². The molecule has 1 rings (SSSR count). The Kier molecular flexibility index (Phi) is 4.12. The Morgan fingerprint density at radius 2 is 2.36 bits per heavy atom. The Morgan fingerprint density at radius 3 is 3.07 bits per heavy atom. The molecule has 0 unspecified atom stereocenters. The fraction of sp³-hybridized carbons (Fsp3) is 0.556. The molecule has 5 heteroatoms. The van der Waals surface area contributed by atoms with E-state index in [1.165, 1.54) is 16.8 Å². The molecule has 1 heterocycles. The average molecular weight is 197 g/mol. The molecule has 0 saturated carbocycles. The number of anilines is 1. The Hall–Kier alpha value is -1.36. The number of aryl methyl sites for hydroxylation is 1. The Balaban J connectivity index is 2.49. The third-order valence-electron chi connectivity index (χ3n) is 1.75. The summed E-state index contributed by atoms with van der Waals surface area (Å²) < 4.78 is 6.51. The van der Waals surface area contributed by atoms with Crippen LogP contribution in [0.25, 0.3) is 0 Å². The number of nitrogen functional groups attached to an aromatic ring is 1. The van der Waals surface area contributed by atoms with Crippen molar-refractivity contribution in [2.45, 2.75) is 19.9 Å². The minimum atomic E-state index is -0.129. The maximum Gasteiger partial charge on any atom is 0.266 e. The van der Waals surface area contributed by atoms with E-state index in [1.54, 1.807) is 0 Å².